The van der Waals surface area contributed by atoms with Crippen LogP contribution in [0.2, 0.25) is 0 Å². The highest BCUT2D eigenvalue weighted by atomic mass is 15.1. The zero-order chi connectivity index (χ0) is 18.1. The third-order valence-electron chi connectivity index (χ3n) is 6.76. The summed E-state index contributed by atoms with van der Waals surface area (Å²) in [6.45, 7) is 9.56. The van der Waals surface area contributed by atoms with Crippen molar-refractivity contribution in [2.75, 3.05) is 0 Å². The van der Waals surface area contributed by atoms with Gasteiger partial charge in [-0.3, -0.25) is 0 Å². The van der Waals surface area contributed by atoms with E-state index in [1.165, 1.54) is 38.5 Å². The topological polar surface area (TPSA) is 3.88 Å². The van der Waals surface area contributed by atoms with Gasteiger partial charge in [0.05, 0.1) is 11.0 Å². The predicted octanol–water partition coefficient (Wildman–Crippen LogP) is 5.97. The lowest BCUT2D eigenvalue weighted by atomic mass is 9.64. The van der Waals surface area contributed by atoms with Crippen molar-refractivity contribution in [1.29, 1.82) is 0 Å². The van der Waals surface area contributed by atoms with E-state index in [1.807, 2.05) is 0 Å². The van der Waals surface area contributed by atoms with Crippen molar-refractivity contribution in [3.05, 3.63) is 78.4 Å². The fraction of sp³-hybridized carbons (Fsp3) is 0.240. The zero-order valence-corrected chi connectivity index (χ0v) is 15.9. The van der Waals surface area contributed by atoms with E-state index < -0.39 is 0 Å². The molecule has 4 aromatic rings. The van der Waals surface area contributed by atoms with Crippen molar-refractivity contribution < 1.29 is 4.57 Å². The lowest BCUT2D eigenvalue weighted by molar-refractivity contribution is -0.737. The molecule has 1 nitrogen and oxygen atoms in total. The van der Waals surface area contributed by atoms with Gasteiger partial charge in [0.25, 0.3) is 0 Å². The van der Waals surface area contributed by atoms with E-state index in [-0.39, 0.29) is 11.0 Å². The molecule has 3 aromatic carbocycles. The van der Waals surface area contributed by atoms with Crippen LogP contribution < -0.4 is 4.57 Å². The first-order chi connectivity index (χ1) is 12.4. The summed E-state index contributed by atoms with van der Waals surface area (Å²) in [7, 11) is 0. The Morgan fingerprint density at radius 2 is 1.31 bits per heavy atom. The molecule has 1 aromatic heterocycles. The molecule has 5 rings (SSSR count). The van der Waals surface area contributed by atoms with Gasteiger partial charge in [-0.2, -0.15) is 4.57 Å². The van der Waals surface area contributed by atoms with Crippen LogP contribution >= 0.6 is 0 Å². The van der Waals surface area contributed by atoms with Crippen molar-refractivity contribution >= 4 is 21.7 Å². The maximum absolute atomic E-state index is 2.55. The van der Waals surface area contributed by atoms with Gasteiger partial charge >= 0.3 is 0 Å². The Morgan fingerprint density at radius 1 is 0.654 bits per heavy atom. The monoisotopic (exact) mass is 338 g/mol. The van der Waals surface area contributed by atoms with Crippen LogP contribution in [0.15, 0.2) is 72.8 Å². The highest BCUT2D eigenvalue weighted by Gasteiger charge is 2.53. The molecule has 0 bridgehead atoms. The average molecular weight is 338 g/mol. The lowest BCUT2D eigenvalue weighted by Gasteiger charge is -2.43. The first kappa shape index (κ1) is 15.6. The van der Waals surface area contributed by atoms with E-state index in [4.69, 9.17) is 0 Å². The van der Waals surface area contributed by atoms with Gasteiger partial charge in [0.1, 0.15) is 0 Å². The number of aromatic nitrogens is 1. The minimum atomic E-state index is -0.0552. The van der Waals surface area contributed by atoms with Gasteiger partial charge in [0, 0.05) is 31.4 Å². The third-order valence-corrected chi connectivity index (χ3v) is 6.76. The van der Waals surface area contributed by atoms with Crippen molar-refractivity contribution in [3.63, 3.8) is 0 Å². The summed E-state index contributed by atoms with van der Waals surface area (Å²) in [6, 6.07) is 26.7. The van der Waals surface area contributed by atoms with E-state index in [0.29, 0.717) is 0 Å². The molecule has 128 valence electrons. The minimum absolute atomic E-state index is 0.00894. The summed E-state index contributed by atoms with van der Waals surface area (Å²) < 4.78 is 2.55. The minimum Gasteiger partial charge on any atom is -0.186 e. The molecule has 0 aliphatic carbocycles. The van der Waals surface area contributed by atoms with Crippen LogP contribution in [-0.4, -0.2) is 0 Å². The van der Waals surface area contributed by atoms with Gasteiger partial charge < -0.3 is 0 Å². The molecule has 0 saturated carbocycles. The van der Waals surface area contributed by atoms with Crippen molar-refractivity contribution in [2.24, 2.45) is 0 Å². The average Bonchev–Trinajstić information content (AvgIpc) is 2.65. The fourth-order valence-corrected chi connectivity index (χ4v) is 4.76. The first-order valence-corrected chi connectivity index (χ1v) is 9.40. The number of fused-ring (bicyclic) bond motifs is 7. The van der Waals surface area contributed by atoms with Gasteiger partial charge in [0.15, 0.2) is 5.54 Å². The molecule has 0 amide bonds. The molecule has 1 aliphatic rings. The number of pyridine rings is 1. The maximum Gasteiger partial charge on any atom is 0.213 e. The van der Waals surface area contributed by atoms with Gasteiger partial charge in [-0.15, -0.1) is 0 Å². The Bertz CT molecular complexity index is 1090. The van der Waals surface area contributed by atoms with Crippen LogP contribution in [0.5, 0.6) is 0 Å². The highest BCUT2D eigenvalue weighted by molar-refractivity contribution is 5.93. The van der Waals surface area contributed by atoms with Gasteiger partial charge in [-0.25, -0.2) is 0 Å². The largest absolute Gasteiger partial charge is 0.213 e. The molecule has 0 atom stereocenters. The van der Waals surface area contributed by atoms with E-state index in [1.54, 1.807) is 0 Å². The Morgan fingerprint density at radius 3 is 2.12 bits per heavy atom. The summed E-state index contributed by atoms with van der Waals surface area (Å²) >= 11 is 0. The molecule has 1 heteroatoms. The molecule has 0 unspecified atom stereocenters. The Kier molecular flexibility index (Phi) is 2.96. The third kappa shape index (κ3) is 1.78. The summed E-state index contributed by atoms with van der Waals surface area (Å²) in [5.41, 5.74) is 5.39. The van der Waals surface area contributed by atoms with Crippen LogP contribution in [0.4, 0.5) is 0 Å². The number of nitrogens with zero attached hydrogens (tertiary/aromatic N) is 1. The first-order valence-electron chi connectivity index (χ1n) is 9.40. The number of rotatable bonds is 0. The van der Waals surface area contributed by atoms with Gasteiger partial charge in [0.2, 0.25) is 11.2 Å². The zero-order valence-electron chi connectivity index (χ0n) is 15.9. The number of hydrogen-bond acceptors (Lipinski definition) is 0. The molecule has 26 heavy (non-hydrogen) atoms. The second kappa shape index (κ2) is 4.94. The summed E-state index contributed by atoms with van der Waals surface area (Å²) in [4.78, 5) is 0. The standard InChI is InChI=1S/C25H24N/c1-24(2)23-19-11-7-5-9-17(19)13-15-20(23)22-16-14-18-10-6-8-12-21(18)26(22)25(24,3)4/h5-16H,1-4H3/q+1. The number of benzene rings is 3. The molecule has 0 radical (unpaired) electrons. The fourth-order valence-electron chi connectivity index (χ4n) is 4.76. The Labute approximate surface area is 154 Å². The molecule has 1 aliphatic heterocycles. The molecular formula is C25H24N+. The van der Waals surface area contributed by atoms with Gasteiger partial charge in [-0.1, -0.05) is 42.5 Å². The Balaban J connectivity index is 2.02. The number of para-hydroxylation sites is 1. The second-order valence-electron chi connectivity index (χ2n) is 8.51. The van der Waals surface area contributed by atoms with E-state index in [0.717, 1.165) is 0 Å². The molecular weight excluding hydrogens is 314 g/mol. The highest BCUT2D eigenvalue weighted by Crippen LogP contribution is 2.48. The molecule has 0 fully saturated rings. The van der Waals surface area contributed by atoms with Crippen molar-refractivity contribution in [1.82, 2.24) is 0 Å². The van der Waals surface area contributed by atoms with Crippen LogP contribution in [0, 0.1) is 0 Å². The molecule has 0 N–H and O–H groups in total. The van der Waals surface area contributed by atoms with E-state index in [9.17, 15) is 0 Å². The van der Waals surface area contributed by atoms with Crippen LogP contribution in [0.3, 0.4) is 0 Å². The normalized spacial score (nSPS) is 17.1. The SMILES string of the molecule is CC1(C)c2c(ccc3ccccc23)-c2ccc3ccccc3[n+]2C1(C)C. The van der Waals surface area contributed by atoms with Crippen LogP contribution in [0.1, 0.15) is 33.3 Å². The molecule has 0 saturated heterocycles. The summed E-state index contributed by atoms with van der Waals surface area (Å²) in [6.07, 6.45) is 0. The molecule has 0 spiro atoms. The Hall–Kier alpha value is -2.67. The second-order valence-corrected chi connectivity index (χ2v) is 8.51. The lowest BCUT2D eigenvalue weighted by Crippen LogP contribution is -2.65. The number of hydrogen-bond donors (Lipinski definition) is 0. The van der Waals surface area contributed by atoms with Crippen LogP contribution in [0.25, 0.3) is 32.9 Å². The molecule has 2 heterocycles. The van der Waals surface area contributed by atoms with E-state index in [2.05, 4.69) is 105 Å². The smallest absolute Gasteiger partial charge is 0.186 e. The van der Waals surface area contributed by atoms with Crippen LogP contribution in [-0.2, 0) is 11.0 Å². The quantitative estimate of drug-likeness (QED) is 0.348. The van der Waals surface area contributed by atoms with E-state index >= 15 is 0 Å². The van der Waals surface area contributed by atoms with Crippen molar-refractivity contribution in [2.45, 2.75) is 38.6 Å². The van der Waals surface area contributed by atoms with Gasteiger partial charge in [-0.05, 0) is 48.4 Å². The predicted molar refractivity (Wildman–Crippen MR) is 109 cm³/mol. The summed E-state index contributed by atoms with van der Waals surface area (Å²) in [5, 5.41) is 4.00. The van der Waals surface area contributed by atoms with Crippen molar-refractivity contribution in [3.8, 4) is 11.3 Å². The maximum atomic E-state index is 2.55. The summed E-state index contributed by atoms with van der Waals surface area (Å²) in [5.74, 6) is 0.